The Bertz CT molecular complexity index is 1590. The minimum Gasteiger partial charge on any atom is -0.340 e. The maximum absolute atomic E-state index is 13.5. The molecule has 5 rings (SSSR count). The number of benzene rings is 3. The van der Waals surface area contributed by atoms with E-state index < -0.39 is 21.7 Å². The fourth-order valence-electron chi connectivity index (χ4n) is 4.55. The maximum Gasteiger partial charge on any atom is 0.259 e. The summed E-state index contributed by atoms with van der Waals surface area (Å²) in [6.07, 6.45) is 3.80. The van der Waals surface area contributed by atoms with Gasteiger partial charge in [-0.3, -0.25) is 4.79 Å². The number of halogens is 1. The first-order valence-corrected chi connectivity index (χ1v) is 13.8. The van der Waals surface area contributed by atoms with E-state index in [-0.39, 0.29) is 16.5 Å². The van der Waals surface area contributed by atoms with Crippen molar-refractivity contribution in [1.82, 2.24) is 9.71 Å². The highest BCUT2D eigenvalue weighted by molar-refractivity contribution is 7.89. The number of carbonyl (C=O) groups is 1. The Balaban J connectivity index is 1.35. The zero-order valence-corrected chi connectivity index (χ0v) is 21.6. The van der Waals surface area contributed by atoms with Gasteiger partial charge in [-0.05, 0) is 90.6 Å². The van der Waals surface area contributed by atoms with Crippen LogP contribution >= 0.6 is 0 Å². The summed E-state index contributed by atoms with van der Waals surface area (Å²) in [4.78, 5) is 17.5. The molecule has 1 atom stereocenters. The molecule has 0 bridgehead atoms. The van der Waals surface area contributed by atoms with Crippen LogP contribution in [0.2, 0.25) is 0 Å². The normalized spacial score (nSPS) is 14.6. The lowest BCUT2D eigenvalue weighted by atomic mass is 10.1. The van der Waals surface area contributed by atoms with E-state index in [1.165, 1.54) is 18.2 Å². The standard InChI is InChI=1S/C29H27FN4O3S/c1-2-19-8-13-24(14-9-19)38(36,37)34-27-15-11-20-10-12-23(18-26(20)27)32-28-25(7-4-16-31-28)29(35)33-22-6-3-5-21(30)17-22/h3-10,12-14,16-18,27,34H,2,11,15H2,1H3,(H,31,32)(H,33,35). The van der Waals surface area contributed by atoms with E-state index in [1.807, 2.05) is 37.3 Å². The van der Waals surface area contributed by atoms with Gasteiger partial charge in [0, 0.05) is 23.6 Å². The predicted octanol–water partition coefficient (Wildman–Crippen LogP) is 5.74. The average molecular weight is 531 g/mol. The lowest BCUT2D eigenvalue weighted by Crippen LogP contribution is -2.27. The molecule has 0 fully saturated rings. The number of aryl methyl sites for hydroxylation is 2. The summed E-state index contributed by atoms with van der Waals surface area (Å²) in [5, 5.41) is 5.87. The summed E-state index contributed by atoms with van der Waals surface area (Å²) in [6, 6.07) is 21.2. The lowest BCUT2D eigenvalue weighted by molar-refractivity contribution is 0.102. The van der Waals surface area contributed by atoms with E-state index in [1.54, 1.807) is 36.5 Å². The van der Waals surface area contributed by atoms with E-state index in [4.69, 9.17) is 0 Å². The zero-order valence-electron chi connectivity index (χ0n) is 20.7. The molecule has 1 amide bonds. The number of hydrogen-bond donors (Lipinski definition) is 3. The zero-order chi connectivity index (χ0) is 26.7. The molecule has 194 valence electrons. The topological polar surface area (TPSA) is 100 Å². The highest BCUT2D eigenvalue weighted by atomic mass is 32.2. The summed E-state index contributed by atoms with van der Waals surface area (Å²) in [5.74, 6) is -0.562. The highest BCUT2D eigenvalue weighted by Gasteiger charge is 2.28. The van der Waals surface area contributed by atoms with Crippen molar-refractivity contribution in [2.45, 2.75) is 37.1 Å². The summed E-state index contributed by atoms with van der Waals surface area (Å²) >= 11 is 0. The number of nitrogens with zero attached hydrogens (tertiary/aromatic N) is 1. The molecular formula is C29H27FN4O3S. The van der Waals surface area contributed by atoms with E-state index >= 15 is 0 Å². The minimum absolute atomic E-state index is 0.236. The molecule has 7 nitrogen and oxygen atoms in total. The molecule has 0 saturated heterocycles. The van der Waals surface area contributed by atoms with Gasteiger partial charge in [0.2, 0.25) is 10.0 Å². The summed E-state index contributed by atoms with van der Waals surface area (Å²) in [6.45, 7) is 2.02. The van der Waals surface area contributed by atoms with Gasteiger partial charge in [0.15, 0.2) is 0 Å². The van der Waals surface area contributed by atoms with E-state index in [9.17, 15) is 17.6 Å². The van der Waals surface area contributed by atoms with Crippen LogP contribution in [-0.4, -0.2) is 19.3 Å². The van der Waals surface area contributed by atoms with Crippen molar-refractivity contribution in [2.75, 3.05) is 10.6 Å². The number of sulfonamides is 1. The van der Waals surface area contributed by atoms with Crippen molar-refractivity contribution >= 4 is 33.1 Å². The van der Waals surface area contributed by atoms with Gasteiger partial charge < -0.3 is 10.6 Å². The second-order valence-corrected chi connectivity index (χ2v) is 10.8. The van der Waals surface area contributed by atoms with Crippen LogP contribution in [0, 0.1) is 5.82 Å². The van der Waals surface area contributed by atoms with Gasteiger partial charge in [0.1, 0.15) is 11.6 Å². The van der Waals surface area contributed by atoms with Crippen LogP contribution in [0.5, 0.6) is 0 Å². The monoisotopic (exact) mass is 530 g/mol. The fourth-order valence-corrected chi connectivity index (χ4v) is 5.80. The van der Waals surface area contributed by atoms with Gasteiger partial charge >= 0.3 is 0 Å². The number of amides is 1. The predicted molar refractivity (Wildman–Crippen MR) is 146 cm³/mol. The third-order valence-electron chi connectivity index (χ3n) is 6.56. The number of carbonyl (C=O) groups excluding carboxylic acids is 1. The molecule has 9 heteroatoms. The molecule has 1 aromatic heterocycles. The van der Waals surface area contributed by atoms with Gasteiger partial charge in [-0.25, -0.2) is 22.5 Å². The fraction of sp³-hybridized carbons (Fsp3) is 0.172. The van der Waals surface area contributed by atoms with Gasteiger partial charge in [-0.2, -0.15) is 0 Å². The number of nitrogens with one attached hydrogen (secondary N) is 3. The number of rotatable bonds is 8. The largest absolute Gasteiger partial charge is 0.340 e. The van der Waals surface area contributed by atoms with E-state index in [2.05, 4.69) is 20.3 Å². The Morgan fingerprint density at radius 1 is 1.00 bits per heavy atom. The number of fused-ring (bicyclic) bond motifs is 1. The highest BCUT2D eigenvalue weighted by Crippen LogP contribution is 2.35. The molecule has 0 spiro atoms. The molecule has 38 heavy (non-hydrogen) atoms. The van der Waals surface area contributed by atoms with Crippen LogP contribution < -0.4 is 15.4 Å². The first kappa shape index (κ1) is 25.6. The Hall–Kier alpha value is -4.08. The van der Waals surface area contributed by atoms with Gasteiger partial charge in [-0.15, -0.1) is 0 Å². The Morgan fingerprint density at radius 3 is 2.58 bits per heavy atom. The number of hydrogen-bond acceptors (Lipinski definition) is 5. The first-order valence-electron chi connectivity index (χ1n) is 12.4. The van der Waals surface area contributed by atoms with Gasteiger partial charge in [-0.1, -0.05) is 31.2 Å². The Morgan fingerprint density at radius 2 is 1.82 bits per heavy atom. The Kier molecular flexibility index (Phi) is 7.22. The van der Waals surface area contributed by atoms with Crippen LogP contribution in [0.4, 0.5) is 21.6 Å². The second-order valence-electron chi connectivity index (χ2n) is 9.11. The summed E-state index contributed by atoms with van der Waals surface area (Å²) in [5.41, 5.74) is 4.30. The number of pyridine rings is 1. The van der Waals surface area contributed by atoms with Crippen molar-refractivity contribution in [3.8, 4) is 0 Å². The minimum atomic E-state index is -3.70. The van der Waals surface area contributed by atoms with Crippen molar-refractivity contribution < 1.29 is 17.6 Å². The Labute approximate surface area is 221 Å². The smallest absolute Gasteiger partial charge is 0.259 e. The molecule has 0 radical (unpaired) electrons. The maximum atomic E-state index is 13.5. The molecule has 4 aromatic rings. The molecule has 1 aliphatic rings. The van der Waals surface area contributed by atoms with Crippen molar-refractivity contribution in [3.63, 3.8) is 0 Å². The van der Waals surface area contributed by atoms with Crippen molar-refractivity contribution in [3.05, 3.63) is 113 Å². The van der Waals surface area contributed by atoms with Crippen LogP contribution in [0.25, 0.3) is 0 Å². The first-order chi connectivity index (χ1) is 18.3. The molecule has 1 heterocycles. The quantitative estimate of drug-likeness (QED) is 0.270. The molecule has 1 unspecified atom stereocenters. The molecule has 3 aromatic carbocycles. The van der Waals surface area contributed by atoms with Crippen LogP contribution in [0.3, 0.4) is 0 Å². The summed E-state index contributed by atoms with van der Waals surface area (Å²) in [7, 11) is -3.70. The molecule has 3 N–H and O–H groups in total. The van der Waals surface area contributed by atoms with Gasteiger partial charge in [0.25, 0.3) is 5.91 Å². The lowest BCUT2D eigenvalue weighted by Gasteiger charge is -2.17. The molecule has 0 aliphatic heterocycles. The van der Waals surface area contributed by atoms with Crippen LogP contribution in [-0.2, 0) is 22.9 Å². The third kappa shape index (κ3) is 5.58. The number of anilines is 3. The SMILES string of the molecule is CCc1ccc(S(=O)(=O)NC2CCc3ccc(Nc4ncccc4C(=O)Nc4cccc(F)c4)cc32)cc1. The van der Waals surface area contributed by atoms with Crippen LogP contribution in [0.1, 0.15) is 46.4 Å². The average Bonchev–Trinajstić information content (AvgIpc) is 3.30. The molecule has 1 aliphatic carbocycles. The molecule has 0 saturated carbocycles. The summed E-state index contributed by atoms with van der Waals surface area (Å²) < 4.78 is 42.5. The third-order valence-corrected chi connectivity index (χ3v) is 8.05. The second kappa shape index (κ2) is 10.7. The molecular weight excluding hydrogens is 503 g/mol. The van der Waals surface area contributed by atoms with E-state index in [0.29, 0.717) is 23.6 Å². The number of aromatic nitrogens is 1. The van der Waals surface area contributed by atoms with Crippen molar-refractivity contribution in [2.24, 2.45) is 0 Å². The van der Waals surface area contributed by atoms with Crippen LogP contribution in [0.15, 0.2) is 90.0 Å². The van der Waals surface area contributed by atoms with E-state index in [0.717, 1.165) is 29.5 Å². The van der Waals surface area contributed by atoms with Gasteiger partial charge in [0.05, 0.1) is 10.5 Å². The van der Waals surface area contributed by atoms with Crippen molar-refractivity contribution in [1.29, 1.82) is 0 Å².